The van der Waals surface area contributed by atoms with E-state index in [0.717, 1.165) is 0 Å². The molecule has 0 radical (unpaired) electrons. The Morgan fingerprint density at radius 1 is 1.50 bits per heavy atom. The van der Waals surface area contributed by atoms with Gasteiger partial charge < -0.3 is 20.3 Å². The number of aliphatic hydroxyl groups is 1. The molecule has 0 aliphatic heterocycles. The molecule has 0 fully saturated rings. The van der Waals surface area contributed by atoms with Gasteiger partial charge in [-0.25, -0.2) is 0 Å². The Morgan fingerprint density at radius 2 is 2.25 bits per heavy atom. The molecule has 1 rings (SSSR count). The van der Waals surface area contributed by atoms with E-state index in [1.54, 1.807) is 0 Å². The third kappa shape index (κ3) is 3.13. The van der Waals surface area contributed by atoms with Gasteiger partial charge in [-0.05, 0) is 12.1 Å². The van der Waals surface area contributed by atoms with Crippen LogP contribution in [-0.2, 0) is 0 Å². The summed E-state index contributed by atoms with van der Waals surface area (Å²) in [6.07, 6.45) is 0.475. The number of aromatic hydroxyl groups is 1. The van der Waals surface area contributed by atoms with E-state index in [9.17, 15) is 9.90 Å². The van der Waals surface area contributed by atoms with Crippen molar-refractivity contribution in [3.63, 3.8) is 0 Å². The van der Waals surface area contributed by atoms with Crippen molar-refractivity contribution in [1.29, 1.82) is 0 Å². The van der Waals surface area contributed by atoms with Crippen LogP contribution in [-0.4, -0.2) is 36.4 Å². The van der Waals surface area contributed by atoms with E-state index in [1.165, 1.54) is 25.2 Å². The van der Waals surface area contributed by atoms with E-state index in [1.807, 2.05) is 0 Å². The first kappa shape index (κ1) is 12.3. The molecule has 0 aliphatic rings. The lowest BCUT2D eigenvalue weighted by atomic mass is 10.2. The Balaban J connectivity index is 2.85. The first-order chi connectivity index (χ1) is 7.69. The summed E-state index contributed by atoms with van der Waals surface area (Å²) in [5.41, 5.74) is 0.359. The fourth-order valence-electron chi connectivity index (χ4n) is 1.20. The Kier molecular flexibility index (Phi) is 4.60. The predicted octanol–water partition coefficient (Wildman–Crippen LogP) is 0.513. The molecule has 3 N–H and O–H groups in total. The smallest absolute Gasteiger partial charge is 0.254 e. The molecule has 0 saturated carbocycles. The number of carbonyl (C=O) groups excluding carboxylic acids is 1. The van der Waals surface area contributed by atoms with Crippen molar-refractivity contribution in [2.24, 2.45) is 0 Å². The van der Waals surface area contributed by atoms with Crippen LogP contribution in [0.1, 0.15) is 16.8 Å². The largest absolute Gasteiger partial charge is 0.508 e. The maximum Gasteiger partial charge on any atom is 0.254 e. The van der Waals surface area contributed by atoms with Gasteiger partial charge in [0.05, 0.1) is 12.2 Å². The van der Waals surface area contributed by atoms with Gasteiger partial charge >= 0.3 is 0 Å². The Morgan fingerprint density at radius 3 is 2.88 bits per heavy atom. The molecule has 1 amide bonds. The van der Waals surface area contributed by atoms with E-state index in [-0.39, 0.29) is 18.3 Å². The molecule has 0 atom stereocenters. The third-order valence-electron chi connectivity index (χ3n) is 2.00. The van der Waals surface area contributed by atoms with Crippen molar-refractivity contribution in [2.45, 2.75) is 6.42 Å². The Labute approximate surface area is 93.7 Å². The first-order valence-corrected chi connectivity index (χ1v) is 4.97. The van der Waals surface area contributed by atoms with Crippen molar-refractivity contribution in [1.82, 2.24) is 5.32 Å². The molecule has 1 aromatic carbocycles. The maximum atomic E-state index is 11.5. The third-order valence-corrected chi connectivity index (χ3v) is 2.00. The minimum absolute atomic E-state index is 0.0219. The van der Waals surface area contributed by atoms with Gasteiger partial charge in [0.1, 0.15) is 11.5 Å². The average molecular weight is 225 g/mol. The van der Waals surface area contributed by atoms with Gasteiger partial charge in [-0.3, -0.25) is 4.79 Å². The second-order valence-corrected chi connectivity index (χ2v) is 3.19. The number of aliphatic hydroxyl groups excluding tert-OH is 1. The lowest BCUT2D eigenvalue weighted by Crippen LogP contribution is -2.19. The summed E-state index contributed by atoms with van der Waals surface area (Å²) < 4.78 is 5.30. The molecule has 0 bridgehead atoms. The summed E-state index contributed by atoms with van der Waals surface area (Å²) in [6.45, 7) is 0.318. The zero-order chi connectivity index (χ0) is 12.0. The normalized spacial score (nSPS) is 9.88. The summed E-state index contributed by atoms with van der Waals surface area (Å²) in [7, 11) is 1.52. The van der Waals surface area contributed by atoms with Crippen LogP contribution in [0.2, 0.25) is 0 Å². The van der Waals surface area contributed by atoms with Gasteiger partial charge in [-0.15, -0.1) is 0 Å². The topological polar surface area (TPSA) is 78.8 Å². The molecule has 0 spiro atoms. The van der Waals surface area contributed by atoms with Crippen molar-refractivity contribution >= 4 is 5.91 Å². The highest BCUT2D eigenvalue weighted by molar-refractivity contribution is 5.96. The van der Waals surface area contributed by atoms with Gasteiger partial charge in [0.25, 0.3) is 5.91 Å². The minimum Gasteiger partial charge on any atom is -0.508 e. The van der Waals surface area contributed by atoms with Crippen molar-refractivity contribution < 1.29 is 19.7 Å². The molecule has 5 heteroatoms. The standard InChI is InChI=1S/C11H15NO4/c1-12-11(15)9-4-3-8(14)7-10(9)16-6-2-5-13/h3-4,7,13-14H,2,5-6H2,1H3,(H,12,15). The summed E-state index contributed by atoms with van der Waals surface area (Å²) in [6, 6.07) is 4.29. The number of benzene rings is 1. The molecule has 0 saturated heterocycles. The molecule has 88 valence electrons. The van der Waals surface area contributed by atoms with Crippen LogP contribution in [0.15, 0.2) is 18.2 Å². The highest BCUT2D eigenvalue weighted by Crippen LogP contribution is 2.24. The molecule has 0 aromatic heterocycles. The van der Waals surface area contributed by atoms with Crippen molar-refractivity contribution in [2.75, 3.05) is 20.3 Å². The van der Waals surface area contributed by atoms with Gasteiger partial charge in [-0.1, -0.05) is 0 Å². The number of rotatable bonds is 5. The monoisotopic (exact) mass is 225 g/mol. The average Bonchev–Trinajstić information content (AvgIpc) is 2.29. The fraction of sp³-hybridized carbons (Fsp3) is 0.364. The number of hydrogen-bond donors (Lipinski definition) is 3. The van der Waals surface area contributed by atoms with E-state index in [0.29, 0.717) is 24.3 Å². The second-order valence-electron chi connectivity index (χ2n) is 3.19. The molecular weight excluding hydrogens is 210 g/mol. The predicted molar refractivity (Wildman–Crippen MR) is 58.7 cm³/mol. The SMILES string of the molecule is CNC(=O)c1ccc(O)cc1OCCCO. The quantitative estimate of drug-likeness (QED) is 0.638. The summed E-state index contributed by atoms with van der Waals surface area (Å²) in [5.74, 6) is 0.0680. The van der Waals surface area contributed by atoms with Crippen LogP contribution in [0.4, 0.5) is 0 Å². The number of phenolic OH excluding ortho intramolecular Hbond substituents is 1. The van der Waals surface area contributed by atoms with E-state index < -0.39 is 0 Å². The van der Waals surface area contributed by atoms with E-state index >= 15 is 0 Å². The zero-order valence-electron chi connectivity index (χ0n) is 9.06. The van der Waals surface area contributed by atoms with Crippen LogP contribution in [0, 0.1) is 0 Å². The van der Waals surface area contributed by atoms with Crippen LogP contribution in [0.3, 0.4) is 0 Å². The zero-order valence-corrected chi connectivity index (χ0v) is 9.06. The number of phenols is 1. The molecule has 0 unspecified atom stereocenters. The minimum atomic E-state index is -0.279. The Hall–Kier alpha value is -1.75. The summed E-state index contributed by atoms with van der Waals surface area (Å²) in [4.78, 5) is 11.5. The lowest BCUT2D eigenvalue weighted by Gasteiger charge is -2.10. The molecule has 1 aromatic rings. The van der Waals surface area contributed by atoms with Crippen molar-refractivity contribution in [3.05, 3.63) is 23.8 Å². The fourth-order valence-corrected chi connectivity index (χ4v) is 1.20. The summed E-state index contributed by atoms with van der Waals surface area (Å²) in [5, 5.41) is 20.4. The second kappa shape index (κ2) is 5.97. The van der Waals surface area contributed by atoms with Crippen LogP contribution in [0.25, 0.3) is 0 Å². The van der Waals surface area contributed by atoms with Crippen molar-refractivity contribution in [3.8, 4) is 11.5 Å². The van der Waals surface area contributed by atoms with Crippen LogP contribution < -0.4 is 10.1 Å². The van der Waals surface area contributed by atoms with E-state index in [2.05, 4.69) is 5.32 Å². The van der Waals surface area contributed by atoms with Gasteiger partial charge in [0, 0.05) is 26.1 Å². The van der Waals surface area contributed by atoms with E-state index in [4.69, 9.17) is 9.84 Å². The highest BCUT2D eigenvalue weighted by Gasteiger charge is 2.11. The lowest BCUT2D eigenvalue weighted by molar-refractivity contribution is 0.0958. The Bertz CT molecular complexity index is 365. The number of nitrogens with one attached hydrogen (secondary N) is 1. The van der Waals surface area contributed by atoms with Crippen LogP contribution >= 0.6 is 0 Å². The maximum absolute atomic E-state index is 11.5. The molecular formula is C11H15NO4. The molecule has 0 heterocycles. The first-order valence-electron chi connectivity index (χ1n) is 4.97. The van der Waals surface area contributed by atoms with Gasteiger partial charge in [-0.2, -0.15) is 0 Å². The number of ether oxygens (including phenoxy) is 1. The number of hydrogen-bond acceptors (Lipinski definition) is 4. The molecule has 16 heavy (non-hydrogen) atoms. The molecule has 5 nitrogen and oxygen atoms in total. The summed E-state index contributed by atoms with van der Waals surface area (Å²) >= 11 is 0. The number of carbonyl (C=O) groups is 1. The van der Waals surface area contributed by atoms with Gasteiger partial charge in [0.15, 0.2) is 0 Å². The highest BCUT2D eigenvalue weighted by atomic mass is 16.5. The molecule has 0 aliphatic carbocycles. The number of amides is 1. The van der Waals surface area contributed by atoms with Gasteiger partial charge in [0.2, 0.25) is 0 Å². The van der Waals surface area contributed by atoms with Crippen LogP contribution in [0.5, 0.6) is 11.5 Å².